The molecule has 42 heavy (non-hydrogen) atoms. The van der Waals surface area contributed by atoms with E-state index in [1.807, 2.05) is 48.7 Å². The normalized spacial score (nSPS) is 10.8. The number of fused-ring (bicyclic) bond motifs is 1. The van der Waals surface area contributed by atoms with Gasteiger partial charge in [0, 0.05) is 73.3 Å². The average Bonchev–Trinajstić information content (AvgIpc) is 3.43. The van der Waals surface area contributed by atoms with E-state index in [1.54, 1.807) is 37.3 Å². The molecule has 0 aliphatic rings. The number of methoxy groups -OCH3 is 4. The summed E-state index contributed by atoms with van der Waals surface area (Å²) in [7, 11) is 6.24. The van der Waals surface area contributed by atoms with Crippen molar-refractivity contribution in [3.8, 4) is 17.2 Å². The molecule has 2 N–H and O–H groups in total. The Kier molecular flexibility index (Phi) is 10.7. The van der Waals surface area contributed by atoms with Crippen LogP contribution in [-0.2, 0) is 22.5 Å². The van der Waals surface area contributed by atoms with Gasteiger partial charge in [-0.05, 0) is 24.1 Å². The molecule has 0 aliphatic heterocycles. The summed E-state index contributed by atoms with van der Waals surface area (Å²) in [5.74, 6) is 1.56. The molecule has 0 saturated heterocycles. The lowest BCUT2D eigenvalue weighted by molar-refractivity contribution is -0.132. The summed E-state index contributed by atoms with van der Waals surface area (Å²) in [5, 5.41) is 3.99. The van der Waals surface area contributed by atoms with Crippen molar-refractivity contribution in [2.45, 2.75) is 13.0 Å². The minimum absolute atomic E-state index is 0.140. The lowest BCUT2D eigenvalue weighted by atomic mass is 10.1. The molecule has 0 aliphatic carbocycles. The van der Waals surface area contributed by atoms with Crippen molar-refractivity contribution in [2.75, 3.05) is 60.0 Å². The molecule has 3 aromatic carbocycles. The van der Waals surface area contributed by atoms with Crippen molar-refractivity contribution in [1.82, 2.24) is 14.8 Å². The van der Waals surface area contributed by atoms with Crippen LogP contribution in [0, 0.1) is 0 Å². The van der Waals surface area contributed by atoms with Crippen LogP contribution in [0.5, 0.6) is 17.2 Å². The van der Waals surface area contributed by atoms with Crippen molar-refractivity contribution in [3.63, 3.8) is 0 Å². The van der Waals surface area contributed by atoms with Crippen LogP contribution >= 0.6 is 0 Å². The summed E-state index contributed by atoms with van der Waals surface area (Å²) in [6.45, 7) is 1.13. The fourth-order valence-corrected chi connectivity index (χ4v) is 4.72. The minimum atomic E-state index is -0.440. The first-order valence-electron chi connectivity index (χ1n) is 13.7. The van der Waals surface area contributed by atoms with Gasteiger partial charge >= 0.3 is 6.03 Å². The Morgan fingerprint density at radius 2 is 1.52 bits per heavy atom. The van der Waals surface area contributed by atoms with Gasteiger partial charge in [0.25, 0.3) is 0 Å². The maximum Gasteiger partial charge on any atom is 0.322 e. The SMILES string of the molecule is COCCN(CC(=O)N(CCc1c[nH]c2ccccc12)Cc1ccccc1OC)C(=O)Nc1cc(OC)cc(OC)c1. The molecule has 10 heteroatoms. The van der Waals surface area contributed by atoms with E-state index in [2.05, 4.69) is 16.4 Å². The number of amides is 3. The smallest absolute Gasteiger partial charge is 0.322 e. The van der Waals surface area contributed by atoms with Crippen LogP contribution in [0.4, 0.5) is 10.5 Å². The first kappa shape index (κ1) is 30.3. The van der Waals surface area contributed by atoms with Crippen molar-refractivity contribution in [2.24, 2.45) is 0 Å². The summed E-state index contributed by atoms with van der Waals surface area (Å²) in [4.78, 5) is 33.8. The van der Waals surface area contributed by atoms with Gasteiger partial charge in [0.2, 0.25) is 5.91 Å². The quantitative estimate of drug-likeness (QED) is 0.221. The summed E-state index contributed by atoms with van der Waals surface area (Å²) >= 11 is 0. The predicted molar refractivity (Wildman–Crippen MR) is 162 cm³/mol. The average molecular weight is 575 g/mol. The Balaban J connectivity index is 1.55. The lowest BCUT2D eigenvalue weighted by Gasteiger charge is -2.28. The summed E-state index contributed by atoms with van der Waals surface area (Å²) in [6.07, 6.45) is 2.62. The van der Waals surface area contributed by atoms with E-state index in [0.717, 1.165) is 22.0 Å². The molecule has 4 aromatic rings. The van der Waals surface area contributed by atoms with Gasteiger partial charge < -0.3 is 39.0 Å². The number of aromatic amines is 1. The Morgan fingerprint density at radius 3 is 2.24 bits per heavy atom. The number of ether oxygens (including phenoxy) is 4. The summed E-state index contributed by atoms with van der Waals surface area (Å²) in [5.41, 5.74) is 3.52. The van der Waals surface area contributed by atoms with Gasteiger partial charge in [-0.15, -0.1) is 0 Å². The molecule has 1 heterocycles. The molecule has 0 saturated carbocycles. The van der Waals surface area contributed by atoms with E-state index in [1.165, 1.54) is 19.1 Å². The molecule has 0 unspecified atom stereocenters. The summed E-state index contributed by atoms with van der Waals surface area (Å²) in [6, 6.07) is 20.4. The van der Waals surface area contributed by atoms with E-state index in [0.29, 0.717) is 42.4 Å². The molecule has 0 fully saturated rings. The second-order valence-electron chi connectivity index (χ2n) is 9.68. The van der Waals surface area contributed by atoms with E-state index >= 15 is 0 Å². The topological polar surface area (TPSA) is 105 Å². The Bertz CT molecular complexity index is 1460. The highest BCUT2D eigenvalue weighted by Gasteiger charge is 2.23. The third-order valence-electron chi connectivity index (χ3n) is 7.01. The number of anilines is 1. The van der Waals surface area contributed by atoms with E-state index in [9.17, 15) is 9.59 Å². The number of urea groups is 1. The number of hydrogen-bond donors (Lipinski definition) is 2. The highest BCUT2D eigenvalue weighted by molar-refractivity contribution is 5.93. The second kappa shape index (κ2) is 14.8. The molecule has 1 aromatic heterocycles. The molecule has 0 atom stereocenters. The van der Waals surface area contributed by atoms with Crippen LogP contribution in [0.2, 0.25) is 0 Å². The number of rotatable bonds is 14. The highest BCUT2D eigenvalue weighted by Crippen LogP contribution is 2.26. The van der Waals surface area contributed by atoms with E-state index in [-0.39, 0.29) is 25.6 Å². The number of H-pyrrole nitrogens is 1. The largest absolute Gasteiger partial charge is 0.497 e. The van der Waals surface area contributed by atoms with Gasteiger partial charge in [-0.25, -0.2) is 4.79 Å². The van der Waals surface area contributed by atoms with Gasteiger partial charge in [-0.2, -0.15) is 0 Å². The first-order chi connectivity index (χ1) is 20.4. The maximum absolute atomic E-state index is 13.9. The van der Waals surface area contributed by atoms with Gasteiger partial charge in [0.1, 0.15) is 23.8 Å². The number of para-hydroxylation sites is 2. The minimum Gasteiger partial charge on any atom is -0.497 e. The predicted octanol–water partition coefficient (Wildman–Crippen LogP) is 4.95. The molecule has 222 valence electrons. The van der Waals surface area contributed by atoms with Crippen LogP contribution < -0.4 is 19.5 Å². The molecule has 10 nitrogen and oxygen atoms in total. The molecule has 0 bridgehead atoms. The first-order valence-corrected chi connectivity index (χ1v) is 13.7. The molecular formula is C32H38N4O6. The fraction of sp³-hybridized carbons (Fsp3) is 0.312. The molecule has 3 amide bonds. The summed E-state index contributed by atoms with van der Waals surface area (Å²) < 4.78 is 21.4. The van der Waals surface area contributed by atoms with Crippen molar-refractivity contribution >= 4 is 28.5 Å². The zero-order chi connectivity index (χ0) is 29.9. The van der Waals surface area contributed by atoms with Crippen molar-refractivity contribution in [1.29, 1.82) is 0 Å². The third-order valence-corrected chi connectivity index (χ3v) is 7.01. The number of aromatic nitrogens is 1. The standard InChI is InChI=1S/C32H38N4O6/c1-39-16-15-36(32(38)34-25-17-26(40-2)19-27(18-25)41-3)22-31(37)35(21-24-9-5-8-12-30(24)42-4)14-13-23-20-33-29-11-7-6-10-28(23)29/h5-12,17-20,33H,13-16,21-22H2,1-4H3,(H,34,38). The number of hydrogen-bond acceptors (Lipinski definition) is 6. The Hall–Kier alpha value is -4.70. The zero-order valence-corrected chi connectivity index (χ0v) is 24.5. The lowest BCUT2D eigenvalue weighted by Crippen LogP contribution is -2.46. The van der Waals surface area contributed by atoms with Crippen molar-refractivity contribution < 1.29 is 28.5 Å². The van der Waals surface area contributed by atoms with Crippen LogP contribution in [0.3, 0.4) is 0 Å². The Morgan fingerprint density at radius 1 is 0.810 bits per heavy atom. The van der Waals surface area contributed by atoms with Crippen molar-refractivity contribution in [3.05, 3.63) is 84.1 Å². The number of nitrogens with one attached hydrogen (secondary N) is 2. The van der Waals surface area contributed by atoms with Crippen LogP contribution in [0.25, 0.3) is 10.9 Å². The number of benzene rings is 3. The fourth-order valence-electron chi connectivity index (χ4n) is 4.72. The maximum atomic E-state index is 13.9. The second-order valence-corrected chi connectivity index (χ2v) is 9.68. The molecule has 0 radical (unpaired) electrons. The van der Waals surface area contributed by atoms with Gasteiger partial charge in [0.05, 0.1) is 27.9 Å². The van der Waals surface area contributed by atoms with Crippen LogP contribution in [0.15, 0.2) is 72.9 Å². The zero-order valence-electron chi connectivity index (χ0n) is 24.5. The Labute approximate surface area is 246 Å². The van der Waals surface area contributed by atoms with Crippen LogP contribution in [0.1, 0.15) is 11.1 Å². The van der Waals surface area contributed by atoms with E-state index < -0.39 is 6.03 Å². The molecular weight excluding hydrogens is 536 g/mol. The third kappa shape index (κ3) is 7.73. The monoisotopic (exact) mass is 574 g/mol. The van der Waals surface area contributed by atoms with Gasteiger partial charge in [-0.3, -0.25) is 4.79 Å². The van der Waals surface area contributed by atoms with E-state index in [4.69, 9.17) is 18.9 Å². The van der Waals surface area contributed by atoms with Gasteiger partial charge in [0.15, 0.2) is 0 Å². The highest BCUT2D eigenvalue weighted by atomic mass is 16.5. The molecule has 0 spiro atoms. The number of carbonyl (C=O) groups excluding carboxylic acids is 2. The van der Waals surface area contributed by atoms with Crippen LogP contribution in [-0.4, -0.2) is 81.4 Å². The number of carbonyl (C=O) groups is 2. The number of nitrogens with zero attached hydrogens (tertiary/aromatic N) is 2. The molecule has 4 rings (SSSR count). The van der Waals surface area contributed by atoms with Gasteiger partial charge in [-0.1, -0.05) is 36.4 Å².